The molecule has 0 spiro atoms. The van der Waals surface area contributed by atoms with Crippen molar-refractivity contribution in [3.8, 4) is 0 Å². The number of amides is 3. The van der Waals surface area contributed by atoms with Gasteiger partial charge in [-0.25, -0.2) is 4.79 Å². The largest absolute Gasteiger partial charge is 0.481 e. The molecule has 0 aromatic rings. The molecule has 7 nitrogen and oxygen atoms in total. The third kappa shape index (κ3) is 3.20. The van der Waals surface area contributed by atoms with Crippen molar-refractivity contribution in [2.24, 2.45) is 17.6 Å². The second kappa shape index (κ2) is 6.11. The van der Waals surface area contributed by atoms with E-state index in [-0.39, 0.29) is 24.4 Å². The topological polar surface area (TPSA) is 104 Å². The number of hydrogen-bond donors (Lipinski definition) is 2. The van der Waals surface area contributed by atoms with Gasteiger partial charge in [0.2, 0.25) is 5.91 Å². The van der Waals surface area contributed by atoms with Crippen LogP contribution in [0.15, 0.2) is 0 Å². The van der Waals surface area contributed by atoms with E-state index in [0.717, 1.165) is 12.8 Å². The van der Waals surface area contributed by atoms with Gasteiger partial charge in [-0.15, -0.1) is 0 Å². The van der Waals surface area contributed by atoms with E-state index in [1.54, 1.807) is 9.80 Å². The lowest BCUT2D eigenvalue weighted by atomic mass is 9.96. The normalized spacial score (nSPS) is 27.2. The third-order valence-electron chi connectivity index (χ3n) is 4.14. The summed E-state index contributed by atoms with van der Waals surface area (Å²) in [6, 6.07) is -0.165. The molecule has 7 heteroatoms. The van der Waals surface area contributed by atoms with Gasteiger partial charge in [-0.1, -0.05) is 0 Å². The zero-order chi connectivity index (χ0) is 14.7. The molecule has 20 heavy (non-hydrogen) atoms. The zero-order valence-electron chi connectivity index (χ0n) is 11.5. The van der Waals surface area contributed by atoms with Crippen LogP contribution >= 0.6 is 0 Å². The van der Waals surface area contributed by atoms with Crippen LogP contribution in [0.3, 0.4) is 0 Å². The van der Waals surface area contributed by atoms with Gasteiger partial charge in [0, 0.05) is 26.2 Å². The molecule has 2 aliphatic rings. The molecule has 0 aromatic carbocycles. The first-order valence-corrected chi connectivity index (χ1v) is 7.05. The summed E-state index contributed by atoms with van der Waals surface area (Å²) in [6.45, 7) is 1.80. The number of carboxylic acids is 1. The maximum atomic E-state index is 12.4. The molecule has 2 aliphatic heterocycles. The van der Waals surface area contributed by atoms with Gasteiger partial charge in [0.1, 0.15) is 0 Å². The molecule has 3 amide bonds. The average Bonchev–Trinajstić information content (AvgIpc) is 2.46. The maximum Gasteiger partial charge on any atom is 0.320 e. The number of rotatable bonds is 2. The molecule has 2 fully saturated rings. The summed E-state index contributed by atoms with van der Waals surface area (Å²) < 4.78 is 0. The minimum Gasteiger partial charge on any atom is -0.481 e. The first-order chi connectivity index (χ1) is 9.49. The first-order valence-electron chi connectivity index (χ1n) is 7.05. The number of aliphatic carboxylic acids is 1. The molecule has 2 heterocycles. The van der Waals surface area contributed by atoms with Crippen molar-refractivity contribution in [1.82, 2.24) is 9.80 Å². The van der Waals surface area contributed by atoms with Crippen LogP contribution in [0.2, 0.25) is 0 Å². The van der Waals surface area contributed by atoms with E-state index in [1.807, 2.05) is 0 Å². The Bertz CT molecular complexity index is 376. The second-order valence-corrected chi connectivity index (χ2v) is 5.59. The molecular weight excluding hydrogens is 262 g/mol. The summed E-state index contributed by atoms with van der Waals surface area (Å²) in [4.78, 5) is 37.9. The maximum absolute atomic E-state index is 12.4. The van der Waals surface area contributed by atoms with Gasteiger partial charge < -0.3 is 20.6 Å². The lowest BCUT2D eigenvalue weighted by Gasteiger charge is -2.38. The lowest BCUT2D eigenvalue weighted by molar-refractivity contribution is -0.143. The van der Waals surface area contributed by atoms with Gasteiger partial charge in [-0.05, 0) is 25.7 Å². The highest BCUT2D eigenvalue weighted by molar-refractivity contribution is 5.80. The van der Waals surface area contributed by atoms with Crippen molar-refractivity contribution < 1.29 is 19.5 Å². The van der Waals surface area contributed by atoms with Crippen molar-refractivity contribution in [3.05, 3.63) is 0 Å². The van der Waals surface area contributed by atoms with E-state index in [4.69, 9.17) is 10.8 Å². The van der Waals surface area contributed by atoms with E-state index in [1.165, 1.54) is 0 Å². The number of piperidine rings is 2. The average molecular weight is 283 g/mol. The predicted molar refractivity (Wildman–Crippen MR) is 70.8 cm³/mol. The molecule has 0 bridgehead atoms. The number of carbonyl (C=O) groups is 3. The van der Waals surface area contributed by atoms with Gasteiger partial charge in [0.15, 0.2) is 0 Å². The Labute approximate surface area is 117 Å². The number of urea groups is 1. The molecule has 112 valence electrons. The second-order valence-electron chi connectivity index (χ2n) is 5.59. The highest BCUT2D eigenvalue weighted by Gasteiger charge is 2.33. The Morgan fingerprint density at radius 2 is 1.45 bits per heavy atom. The van der Waals surface area contributed by atoms with Crippen LogP contribution in [0.5, 0.6) is 0 Å². The number of nitrogens with two attached hydrogens (primary N) is 1. The SMILES string of the molecule is NC(=O)C1CCCN(C(=O)N2CCCC(C(=O)O)C2)C1. The minimum absolute atomic E-state index is 0.165. The number of likely N-dealkylation sites (tertiary alicyclic amines) is 2. The number of nitrogens with zero attached hydrogens (tertiary/aromatic N) is 2. The Balaban J connectivity index is 1.96. The Hall–Kier alpha value is -1.79. The van der Waals surface area contributed by atoms with Gasteiger partial charge in [-0.2, -0.15) is 0 Å². The van der Waals surface area contributed by atoms with Gasteiger partial charge in [0.25, 0.3) is 0 Å². The van der Waals surface area contributed by atoms with Crippen molar-refractivity contribution >= 4 is 17.9 Å². The van der Waals surface area contributed by atoms with Crippen molar-refractivity contribution in [3.63, 3.8) is 0 Å². The number of carbonyl (C=O) groups excluding carboxylic acids is 2. The van der Waals surface area contributed by atoms with Crippen molar-refractivity contribution in [2.45, 2.75) is 25.7 Å². The molecule has 2 atom stereocenters. The third-order valence-corrected chi connectivity index (χ3v) is 4.14. The van der Waals surface area contributed by atoms with Crippen LogP contribution in [-0.2, 0) is 9.59 Å². The molecule has 2 saturated heterocycles. The monoisotopic (exact) mass is 283 g/mol. The lowest BCUT2D eigenvalue weighted by Crippen LogP contribution is -2.52. The highest BCUT2D eigenvalue weighted by atomic mass is 16.4. The fourth-order valence-electron chi connectivity index (χ4n) is 2.94. The van der Waals surface area contributed by atoms with Crippen molar-refractivity contribution in [2.75, 3.05) is 26.2 Å². The molecule has 3 N–H and O–H groups in total. The molecular formula is C13H21N3O4. The van der Waals surface area contributed by atoms with Gasteiger partial charge in [0.05, 0.1) is 11.8 Å². The van der Waals surface area contributed by atoms with Crippen LogP contribution in [0.4, 0.5) is 4.79 Å². The molecule has 0 aromatic heterocycles. The van der Waals surface area contributed by atoms with Gasteiger partial charge in [-0.3, -0.25) is 9.59 Å². The summed E-state index contributed by atoms with van der Waals surface area (Å²) in [7, 11) is 0. The summed E-state index contributed by atoms with van der Waals surface area (Å²) in [5, 5.41) is 9.05. The number of carboxylic acid groups (broad SMARTS) is 1. The fraction of sp³-hybridized carbons (Fsp3) is 0.769. The molecule has 0 saturated carbocycles. The number of primary amides is 1. The number of hydrogen-bond acceptors (Lipinski definition) is 3. The summed E-state index contributed by atoms with van der Waals surface area (Å²) >= 11 is 0. The molecule has 2 rings (SSSR count). The van der Waals surface area contributed by atoms with Gasteiger partial charge >= 0.3 is 12.0 Å². The van der Waals surface area contributed by atoms with E-state index < -0.39 is 11.9 Å². The highest BCUT2D eigenvalue weighted by Crippen LogP contribution is 2.21. The summed E-state index contributed by atoms with van der Waals surface area (Å²) in [5.41, 5.74) is 5.30. The molecule has 2 unspecified atom stereocenters. The predicted octanol–water partition coefficient (Wildman–Crippen LogP) is 0.100. The first kappa shape index (κ1) is 14.6. The van der Waals surface area contributed by atoms with Crippen molar-refractivity contribution in [1.29, 1.82) is 0 Å². The van der Waals surface area contributed by atoms with Crippen LogP contribution in [-0.4, -0.2) is 59.0 Å². The van der Waals surface area contributed by atoms with Crippen LogP contribution in [0.25, 0.3) is 0 Å². The van der Waals surface area contributed by atoms with Crippen LogP contribution < -0.4 is 5.73 Å². The smallest absolute Gasteiger partial charge is 0.320 e. The van der Waals surface area contributed by atoms with Crippen LogP contribution in [0.1, 0.15) is 25.7 Å². The quantitative estimate of drug-likeness (QED) is 0.750. The zero-order valence-corrected chi connectivity index (χ0v) is 11.5. The van der Waals surface area contributed by atoms with E-state index in [0.29, 0.717) is 32.5 Å². The summed E-state index contributed by atoms with van der Waals surface area (Å²) in [6.07, 6.45) is 2.80. The Morgan fingerprint density at radius 3 is 1.95 bits per heavy atom. The van der Waals surface area contributed by atoms with E-state index in [2.05, 4.69) is 0 Å². The Morgan fingerprint density at radius 1 is 0.950 bits per heavy atom. The van der Waals surface area contributed by atoms with Crippen LogP contribution in [0, 0.1) is 11.8 Å². The molecule has 0 radical (unpaired) electrons. The molecule has 0 aliphatic carbocycles. The summed E-state index contributed by atoms with van der Waals surface area (Å²) in [5.74, 6) is -1.99. The Kier molecular flexibility index (Phi) is 4.46. The standard InChI is InChI=1S/C13H21N3O4/c14-11(17)9-3-1-5-15(7-9)13(20)16-6-2-4-10(8-16)12(18)19/h9-10H,1-8H2,(H2,14,17)(H,18,19). The van der Waals surface area contributed by atoms with E-state index >= 15 is 0 Å². The fourth-order valence-corrected chi connectivity index (χ4v) is 2.94. The van der Waals surface area contributed by atoms with E-state index in [9.17, 15) is 14.4 Å². The minimum atomic E-state index is -0.851.